The minimum absolute atomic E-state index is 0. The second kappa shape index (κ2) is 9.15. The molecule has 4 rings (SSSR count). The Morgan fingerprint density at radius 3 is 2.62 bits per heavy atom. The highest BCUT2D eigenvalue weighted by molar-refractivity contribution is 5.94. The molecule has 0 saturated heterocycles. The van der Waals surface area contributed by atoms with E-state index in [-0.39, 0.29) is 18.3 Å². The number of benzene rings is 1. The number of pyridine rings is 1. The Hall–Kier alpha value is -2.77. The monoisotopic (exact) mass is 413 g/mol. The normalized spacial score (nSPS) is 16.0. The van der Waals surface area contributed by atoms with E-state index in [0.29, 0.717) is 23.7 Å². The van der Waals surface area contributed by atoms with Crippen molar-refractivity contribution in [3.8, 4) is 0 Å². The van der Waals surface area contributed by atoms with Crippen molar-refractivity contribution in [2.24, 2.45) is 5.73 Å². The van der Waals surface area contributed by atoms with E-state index in [1.807, 2.05) is 30.3 Å². The van der Waals surface area contributed by atoms with Crippen LogP contribution in [0.4, 0.5) is 0 Å². The van der Waals surface area contributed by atoms with Crippen molar-refractivity contribution < 1.29 is 9.32 Å². The van der Waals surface area contributed by atoms with Gasteiger partial charge in [-0.3, -0.25) is 9.78 Å². The number of amides is 1. The number of carbonyl (C=O) groups is 1. The molecule has 1 aromatic carbocycles. The number of hydrogen-bond acceptors (Lipinski definition) is 6. The molecule has 3 aromatic rings. The molecule has 1 fully saturated rings. The Kier molecular flexibility index (Phi) is 6.61. The van der Waals surface area contributed by atoms with Crippen molar-refractivity contribution in [1.29, 1.82) is 0 Å². The highest BCUT2D eigenvalue weighted by Crippen LogP contribution is 2.35. The van der Waals surface area contributed by atoms with Gasteiger partial charge in [-0.1, -0.05) is 48.3 Å². The SMILES string of the molecule is Cl.NC1(c2noc(C(Cc3ccccc3)NC(=O)c3cccnc3)n2)CCCC1. The molecule has 0 bridgehead atoms. The minimum Gasteiger partial charge on any atom is -0.340 e. The van der Waals surface area contributed by atoms with Crippen LogP contribution in [0.15, 0.2) is 59.4 Å². The van der Waals surface area contributed by atoms with Gasteiger partial charge in [0.25, 0.3) is 5.91 Å². The molecule has 2 aromatic heterocycles. The Balaban J connectivity index is 0.00000240. The third-order valence-electron chi connectivity index (χ3n) is 5.19. The van der Waals surface area contributed by atoms with E-state index in [4.69, 9.17) is 10.3 Å². The van der Waals surface area contributed by atoms with Crippen molar-refractivity contribution in [3.63, 3.8) is 0 Å². The summed E-state index contributed by atoms with van der Waals surface area (Å²) in [5.41, 5.74) is 7.46. The summed E-state index contributed by atoms with van der Waals surface area (Å²) in [4.78, 5) is 21.3. The predicted octanol–water partition coefficient (Wildman–Crippen LogP) is 3.33. The zero-order valence-corrected chi connectivity index (χ0v) is 16.8. The quantitative estimate of drug-likeness (QED) is 0.641. The number of nitrogens with one attached hydrogen (secondary N) is 1. The molecule has 1 amide bonds. The smallest absolute Gasteiger partial charge is 0.253 e. The number of aromatic nitrogens is 3. The first kappa shape index (κ1) is 21.0. The maximum Gasteiger partial charge on any atom is 0.253 e. The molecule has 2 heterocycles. The average Bonchev–Trinajstić information content (AvgIpc) is 3.39. The van der Waals surface area contributed by atoms with Gasteiger partial charge in [-0.15, -0.1) is 12.4 Å². The van der Waals surface area contributed by atoms with E-state index in [2.05, 4.69) is 20.4 Å². The van der Waals surface area contributed by atoms with Crippen LogP contribution < -0.4 is 11.1 Å². The first-order valence-corrected chi connectivity index (χ1v) is 9.52. The van der Waals surface area contributed by atoms with Gasteiger partial charge in [0.2, 0.25) is 5.89 Å². The lowest BCUT2D eigenvalue weighted by atomic mass is 9.98. The Morgan fingerprint density at radius 2 is 1.93 bits per heavy atom. The summed E-state index contributed by atoms with van der Waals surface area (Å²) in [6, 6.07) is 12.9. The molecule has 1 aliphatic carbocycles. The fraction of sp³-hybridized carbons (Fsp3) is 0.333. The number of halogens is 1. The van der Waals surface area contributed by atoms with Gasteiger partial charge in [0.15, 0.2) is 5.82 Å². The zero-order valence-electron chi connectivity index (χ0n) is 16.0. The fourth-order valence-electron chi connectivity index (χ4n) is 3.60. The number of hydrogen-bond donors (Lipinski definition) is 2. The molecule has 1 unspecified atom stereocenters. The van der Waals surface area contributed by atoms with Crippen molar-refractivity contribution in [1.82, 2.24) is 20.4 Å². The third kappa shape index (κ3) is 4.81. The highest BCUT2D eigenvalue weighted by Gasteiger charge is 2.37. The highest BCUT2D eigenvalue weighted by atomic mass is 35.5. The maximum absolute atomic E-state index is 12.7. The van der Waals surface area contributed by atoms with Crippen molar-refractivity contribution in [2.75, 3.05) is 0 Å². The maximum atomic E-state index is 12.7. The van der Waals surface area contributed by atoms with Gasteiger partial charge in [0.1, 0.15) is 6.04 Å². The summed E-state index contributed by atoms with van der Waals surface area (Å²) in [7, 11) is 0. The van der Waals surface area contributed by atoms with Gasteiger partial charge >= 0.3 is 0 Å². The van der Waals surface area contributed by atoms with Gasteiger partial charge in [0.05, 0.1) is 11.1 Å². The largest absolute Gasteiger partial charge is 0.340 e. The van der Waals surface area contributed by atoms with E-state index >= 15 is 0 Å². The van der Waals surface area contributed by atoms with Gasteiger partial charge in [-0.05, 0) is 30.5 Å². The van der Waals surface area contributed by atoms with E-state index in [0.717, 1.165) is 31.2 Å². The Labute approximate surface area is 175 Å². The van der Waals surface area contributed by atoms with Crippen LogP contribution in [-0.4, -0.2) is 21.0 Å². The lowest BCUT2D eigenvalue weighted by Crippen LogP contribution is -2.35. The lowest BCUT2D eigenvalue weighted by molar-refractivity contribution is 0.0928. The molecule has 8 heteroatoms. The molecule has 0 aliphatic heterocycles. The first-order valence-electron chi connectivity index (χ1n) is 9.52. The van der Waals surface area contributed by atoms with Crippen LogP contribution in [0.2, 0.25) is 0 Å². The van der Waals surface area contributed by atoms with Crippen molar-refractivity contribution in [3.05, 3.63) is 77.7 Å². The molecule has 1 saturated carbocycles. The summed E-state index contributed by atoms with van der Waals surface area (Å²) in [6.45, 7) is 0. The van der Waals surface area contributed by atoms with Gasteiger partial charge < -0.3 is 15.6 Å². The van der Waals surface area contributed by atoms with E-state index in [1.54, 1.807) is 18.3 Å². The molecule has 29 heavy (non-hydrogen) atoms. The van der Waals surface area contributed by atoms with Gasteiger partial charge in [-0.25, -0.2) is 0 Å². The van der Waals surface area contributed by atoms with Crippen LogP contribution in [0.5, 0.6) is 0 Å². The van der Waals surface area contributed by atoms with Gasteiger partial charge in [-0.2, -0.15) is 4.98 Å². The van der Waals surface area contributed by atoms with Crippen LogP contribution >= 0.6 is 12.4 Å². The Bertz CT molecular complexity index is 927. The van der Waals surface area contributed by atoms with Gasteiger partial charge in [0, 0.05) is 18.8 Å². The average molecular weight is 414 g/mol. The number of nitrogens with two attached hydrogens (primary N) is 1. The van der Waals surface area contributed by atoms with E-state index in [9.17, 15) is 4.79 Å². The fourth-order valence-corrected chi connectivity index (χ4v) is 3.60. The number of carbonyl (C=O) groups excluding carboxylic acids is 1. The zero-order chi connectivity index (χ0) is 19.4. The second-order valence-electron chi connectivity index (χ2n) is 7.28. The Morgan fingerprint density at radius 1 is 1.17 bits per heavy atom. The molecule has 1 atom stereocenters. The standard InChI is InChI=1S/C21H23N5O2.ClH/c22-21(10-4-5-11-21)20-25-19(28-26-20)17(13-15-7-2-1-3-8-15)24-18(27)16-9-6-12-23-14-16;/h1-3,6-9,12,14,17H,4-5,10-11,13,22H2,(H,24,27);1H. The summed E-state index contributed by atoms with van der Waals surface area (Å²) in [5, 5.41) is 7.14. The van der Waals surface area contributed by atoms with Crippen LogP contribution in [0.1, 0.15) is 59.4 Å². The topological polar surface area (TPSA) is 107 Å². The van der Waals surface area contributed by atoms with Crippen molar-refractivity contribution in [2.45, 2.75) is 43.7 Å². The molecule has 152 valence electrons. The molecule has 1 aliphatic rings. The molecule has 3 N–H and O–H groups in total. The molecule has 7 nitrogen and oxygen atoms in total. The van der Waals surface area contributed by atoms with E-state index in [1.165, 1.54) is 6.20 Å². The summed E-state index contributed by atoms with van der Waals surface area (Å²) < 4.78 is 5.54. The third-order valence-corrected chi connectivity index (χ3v) is 5.19. The second-order valence-corrected chi connectivity index (χ2v) is 7.28. The molecule has 0 spiro atoms. The lowest BCUT2D eigenvalue weighted by Gasteiger charge is -2.18. The van der Waals surface area contributed by atoms with Crippen LogP contribution in [0, 0.1) is 0 Å². The van der Waals surface area contributed by atoms with Crippen LogP contribution in [-0.2, 0) is 12.0 Å². The molecular formula is C21H24ClN5O2. The molecular weight excluding hydrogens is 390 g/mol. The first-order chi connectivity index (χ1) is 13.6. The summed E-state index contributed by atoms with van der Waals surface area (Å²) in [5.74, 6) is 0.651. The minimum atomic E-state index is -0.535. The van der Waals surface area contributed by atoms with Crippen LogP contribution in [0.3, 0.4) is 0 Å². The van der Waals surface area contributed by atoms with E-state index < -0.39 is 11.6 Å². The number of nitrogens with zero attached hydrogens (tertiary/aromatic N) is 3. The number of rotatable bonds is 6. The van der Waals surface area contributed by atoms with Crippen molar-refractivity contribution >= 4 is 18.3 Å². The molecule has 0 radical (unpaired) electrons. The predicted molar refractivity (Wildman–Crippen MR) is 110 cm³/mol. The summed E-state index contributed by atoms with van der Waals surface area (Å²) in [6.07, 6.45) is 7.50. The summed E-state index contributed by atoms with van der Waals surface area (Å²) >= 11 is 0. The van der Waals surface area contributed by atoms with Crippen LogP contribution in [0.25, 0.3) is 0 Å².